The normalized spacial score (nSPS) is 19.1. The first-order valence-corrected chi connectivity index (χ1v) is 7.60. The topological polar surface area (TPSA) is 29.0 Å². The Labute approximate surface area is 118 Å². The van der Waals surface area contributed by atoms with Gasteiger partial charge in [-0.25, -0.2) is 0 Å². The molecule has 3 rings (SSSR count). The van der Waals surface area contributed by atoms with Crippen molar-refractivity contribution in [2.24, 2.45) is 0 Å². The molecule has 1 aromatic carbocycles. The van der Waals surface area contributed by atoms with Crippen molar-refractivity contribution in [1.82, 2.24) is 10.2 Å². The Hall–Kier alpha value is -1.42. The first kappa shape index (κ1) is 12.6. The van der Waals surface area contributed by atoms with Gasteiger partial charge in [-0.15, -0.1) is 10.2 Å². The van der Waals surface area contributed by atoms with Crippen LogP contribution in [0.4, 0.5) is 5.13 Å². The van der Waals surface area contributed by atoms with Gasteiger partial charge in [0, 0.05) is 6.54 Å². The van der Waals surface area contributed by atoms with Gasteiger partial charge in [-0.3, -0.25) is 0 Å². The average Bonchev–Trinajstić information content (AvgIpc) is 3.00. The van der Waals surface area contributed by atoms with Crippen LogP contribution in [0, 0.1) is 20.8 Å². The Morgan fingerprint density at radius 3 is 2.68 bits per heavy atom. The lowest BCUT2D eigenvalue weighted by Crippen LogP contribution is -2.22. The minimum absolute atomic E-state index is 0.464. The molecule has 1 aliphatic heterocycles. The van der Waals surface area contributed by atoms with Crippen molar-refractivity contribution in [3.63, 3.8) is 0 Å². The summed E-state index contributed by atoms with van der Waals surface area (Å²) in [6.07, 6.45) is 2.44. The standard InChI is InChI=1S/C15H19N3S/c1-10-6-7-13(9-11(10)2)14-5-4-8-18(14)15-17-16-12(3)19-15/h6-7,9,14H,4-5,8H2,1-3H3. The molecular weight excluding hydrogens is 254 g/mol. The maximum absolute atomic E-state index is 4.31. The fourth-order valence-corrected chi connectivity index (χ4v) is 3.48. The van der Waals surface area contributed by atoms with Crippen molar-refractivity contribution in [1.29, 1.82) is 0 Å². The van der Waals surface area contributed by atoms with E-state index in [0.29, 0.717) is 6.04 Å². The maximum Gasteiger partial charge on any atom is 0.208 e. The molecule has 0 N–H and O–H groups in total. The van der Waals surface area contributed by atoms with Gasteiger partial charge in [-0.1, -0.05) is 29.5 Å². The monoisotopic (exact) mass is 273 g/mol. The van der Waals surface area contributed by atoms with Crippen LogP contribution in [0.3, 0.4) is 0 Å². The summed E-state index contributed by atoms with van der Waals surface area (Å²) in [4.78, 5) is 2.41. The van der Waals surface area contributed by atoms with Gasteiger partial charge >= 0.3 is 0 Å². The lowest BCUT2D eigenvalue weighted by atomic mass is 10.00. The first-order chi connectivity index (χ1) is 9.15. The zero-order chi connectivity index (χ0) is 13.4. The number of benzene rings is 1. The fourth-order valence-electron chi connectivity index (χ4n) is 2.72. The van der Waals surface area contributed by atoms with Crippen molar-refractivity contribution in [2.75, 3.05) is 11.4 Å². The molecule has 0 amide bonds. The van der Waals surface area contributed by atoms with E-state index in [9.17, 15) is 0 Å². The number of aryl methyl sites for hydroxylation is 3. The predicted molar refractivity (Wildman–Crippen MR) is 79.9 cm³/mol. The quantitative estimate of drug-likeness (QED) is 0.833. The first-order valence-electron chi connectivity index (χ1n) is 6.79. The van der Waals surface area contributed by atoms with E-state index >= 15 is 0 Å². The number of hydrogen-bond donors (Lipinski definition) is 0. The second-order valence-corrected chi connectivity index (χ2v) is 6.46. The largest absolute Gasteiger partial charge is 0.340 e. The van der Waals surface area contributed by atoms with E-state index in [-0.39, 0.29) is 0 Å². The third-order valence-corrected chi connectivity index (χ3v) is 4.81. The Kier molecular flexibility index (Phi) is 3.27. The molecule has 2 aromatic rings. The molecule has 0 bridgehead atoms. The summed E-state index contributed by atoms with van der Waals surface area (Å²) in [6.45, 7) is 7.46. The summed E-state index contributed by atoms with van der Waals surface area (Å²) in [5.41, 5.74) is 4.14. The zero-order valence-electron chi connectivity index (χ0n) is 11.7. The number of nitrogens with zero attached hydrogens (tertiary/aromatic N) is 3. The maximum atomic E-state index is 4.31. The van der Waals surface area contributed by atoms with Crippen LogP contribution in [0.25, 0.3) is 0 Å². The van der Waals surface area contributed by atoms with Gasteiger partial charge < -0.3 is 4.90 Å². The third kappa shape index (κ3) is 2.37. The van der Waals surface area contributed by atoms with Crippen LogP contribution in [0.2, 0.25) is 0 Å². The highest BCUT2D eigenvalue weighted by Crippen LogP contribution is 2.37. The molecule has 0 spiro atoms. The van der Waals surface area contributed by atoms with Crippen molar-refractivity contribution in [2.45, 2.75) is 39.7 Å². The number of anilines is 1. The molecule has 3 nitrogen and oxygen atoms in total. The second kappa shape index (κ2) is 4.93. The van der Waals surface area contributed by atoms with E-state index in [1.54, 1.807) is 11.3 Å². The lowest BCUT2D eigenvalue weighted by Gasteiger charge is -2.24. The van der Waals surface area contributed by atoms with Gasteiger partial charge in [0.25, 0.3) is 0 Å². The van der Waals surface area contributed by atoms with E-state index in [1.807, 2.05) is 6.92 Å². The molecule has 4 heteroatoms. The summed E-state index contributed by atoms with van der Waals surface area (Å²) in [5.74, 6) is 0. The molecule has 2 heterocycles. The molecule has 0 aliphatic carbocycles. The van der Waals surface area contributed by atoms with E-state index in [2.05, 4.69) is 47.1 Å². The Morgan fingerprint density at radius 2 is 2.00 bits per heavy atom. The van der Waals surface area contributed by atoms with Crippen LogP contribution in [0.1, 0.15) is 40.6 Å². The summed E-state index contributed by atoms with van der Waals surface area (Å²) in [5, 5.41) is 10.6. The van der Waals surface area contributed by atoms with Crippen molar-refractivity contribution in [3.8, 4) is 0 Å². The van der Waals surface area contributed by atoms with Gasteiger partial charge in [0.05, 0.1) is 6.04 Å². The van der Waals surface area contributed by atoms with E-state index in [1.165, 1.54) is 29.5 Å². The van der Waals surface area contributed by atoms with Gasteiger partial charge in [-0.2, -0.15) is 0 Å². The van der Waals surface area contributed by atoms with Crippen molar-refractivity contribution in [3.05, 3.63) is 39.9 Å². The molecule has 0 radical (unpaired) electrons. The van der Waals surface area contributed by atoms with Crippen molar-refractivity contribution < 1.29 is 0 Å². The van der Waals surface area contributed by atoms with Crippen LogP contribution in [0.15, 0.2) is 18.2 Å². The third-order valence-electron chi connectivity index (χ3n) is 3.93. The highest BCUT2D eigenvalue weighted by Gasteiger charge is 2.28. The van der Waals surface area contributed by atoms with Crippen LogP contribution >= 0.6 is 11.3 Å². The van der Waals surface area contributed by atoms with Crippen LogP contribution in [-0.4, -0.2) is 16.7 Å². The summed E-state index contributed by atoms with van der Waals surface area (Å²) < 4.78 is 0. The van der Waals surface area contributed by atoms with Crippen molar-refractivity contribution >= 4 is 16.5 Å². The Balaban J connectivity index is 1.92. The Morgan fingerprint density at radius 1 is 1.16 bits per heavy atom. The molecule has 1 fully saturated rings. The van der Waals surface area contributed by atoms with E-state index in [4.69, 9.17) is 0 Å². The Bertz CT molecular complexity index is 591. The van der Waals surface area contributed by atoms with Gasteiger partial charge in [0.2, 0.25) is 5.13 Å². The second-order valence-electron chi connectivity index (χ2n) is 5.30. The van der Waals surface area contributed by atoms with Crippen LogP contribution < -0.4 is 4.90 Å². The lowest BCUT2D eigenvalue weighted by molar-refractivity contribution is 0.712. The molecule has 1 saturated heterocycles. The molecule has 1 aliphatic rings. The molecule has 100 valence electrons. The minimum Gasteiger partial charge on any atom is -0.340 e. The molecular formula is C15H19N3S. The van der Waals surface area contributed by atoms with Gasteiger partial charge in [0.1, 0.15) is 5.01 Å². The number of hydrogen-bond acceptors (Lipinski definition) is 4. The van der Waals surface area contributed by atoms with Gasteiger partial charge in [0.15, 0.2) is 0 Å². The summed E-state index contributed by atoms with van der Waals surface area (Å²) in [7, 11) is 0. The molecule has 0 saturated carbocycles. The smallest absolute Gasteiger partial charge is 0.208 e. The molecule has 19 heavy (non-hydrogen) atoms. The van der Waals surface area contributed by atoms with Crippen LogP contribution in [0.5, 0.6) is 0 Å². The highest BCUT2D eigenvalue weighted by atomic mass is 32.1. The molecule has 1 unspecified atom stereocenters. The predicted octanol–water partition coefficient (Wildman–Crippen LogP) is 3.80. The molecule has 1 atom stereocenters. The number of rotatable bonds is 2. The molecule has 1 aromatic heterocycles. The fraction of sp³-hybridized carbons (Fsp3) is 0.467. The zero-order valence-corrected chi connectivity index (χ0v) is 12.5. The van der Waals surface area contributed by atoms with E-state index in [0.717, 1.165) is 16.7 Å². The summed E-state index contributed by atoms with van der Waals surface area (Å²) >= 11 is 1.69. The highest BCUT2D eigenvalue weighted by molar-refractivity contribution is 7.15. The van der Waals surface area contributed by atoms with E-state index < -0.39 is 0 Å². The minimum atomic E-state index is 0.464. The average molecular weight is 273 g/mol. The van der Waals surface area contributed by atoms with Gasteiger partial charge in [-0.05, 0) is 50.3 Å². The SMILES string of the molecule is Cc1nnc(N2CCCC2c2ccc(C)c(C)c2)s1. The van der Waals surface area contributed by atoms with Crippen LogP contribution in [-0.2, 0) is 0 Å². The number of aromatic nitrogens is 2. The summed E-state index contributed by atoms with van der Waals surface area (Å²) in [6, 6.07) is 7.28.